The van der Waals surface area contributed by atoms with Crippen molar-refractivity contribution >= 4 is 29.6 Å². The number of benzene rings is 3. The van der Waals surface area contributed by atoms with E-state index in [0.29, 0.717) is 34.3 Å². The molecule has 0 aromatic heterocycles. The number of carboxylic acid groups (broad SMARTS) is 1. The van der Waals surface area contributed by atoms with Gasteiger partial charge in [-0.05, 0) is 53.6 Å². The number of rotatable bonds is 8. The molecule has 3 aromatic rings. The average molecular weight is 438 g/mol. The van der Waals surface area contributed by atoms with E-state index in [1.165, 1.54) is 13.2 Å². The van der Waals surface area contributed by atoms with E-state index >= 15 is 0 Å². The van der Waals surface area contributed by atoms with Crippen LogP contribution in [0, 0.1) is 0 Å². The first-order valence-electron chi connectivity index (χ1n) is 9.33. The predicted octanol–water partition coefficient (Wildman–Crippen LogP) is 4.78. The number of aliphatic carboxylic acids is 1. The van der Waals surface area contributed by atoms with Gasteiger partial charge in [0.25, 0.3) is 5.91 Å². The van der Waals surface area contributed by atoms with Gasteiger partial charge in [0.1, 0.15) is 12.3 Å². The molecular weight excluding hydrogens is 418 g/mol. The SMILES string of the molecule is COc1cc(C=C(NC(=O)c2ccccc2)C(=O)O)ccc1OCc1cccc(Cl)c1. The fraction of sp³-hybridized carbons (Fsp3) is 0.0833. The van der Waals surface area contributed by atoms with E-state index in [1.54, 1.807) is 60.7 Å². The first-order valence-corrected chi connectivity index (χ1v) is 9.70. The number of carboxylic acids is 1. The molecule has 0 aliphatic rings. The molecule has 3 rings (SSSR count). The van der Waals surface area contributed by atoms with Gasteiger partial charge in [0.05, 0.1) is 7.11 Å². The smallest absolute Gasteiger partial charge is 0.352 e. The Bertz CT molecular complexity index is 1110. The van der Waals surface area contributed by atoms with E-state index in [2.05, 4.69) is 5.32 Å². The molecule has 0 fully saturated rings. The van der Waals surface area contributed by atoms with Gasteiger partial charge in [-0.25, -0.2) is 4.79 Å². The van der Waals surface area contributed by atoms with Crippen molar-refractivity contribution in [2.45, 2.75) is 6.61 Å². The molecule has 6 nitrogen and oxygen atoms in total. The van der Waals surface area contributed by atoms with Gasteiger partial charge in [-0.15, -0.1) is 0 Å². The highest BCUT2D eigenvalue weighted by molar-refractivity contribution is 6.30. The van der Waals surface area contributed by atoms with Crippen molar-refractivity contribution in [3.63, 3.8) is 0 Å². The Morgan fingerprint density at radius 2 is 1.77 bits per heavy atom. The van der Waals surface area contributed by atoms with Crippen LogP contribution in [0.4, 0.5) is 0 Å². The van der Waals surface area contributed by atoms with Crippen LogP contribution >= 0.6 is 11.6 Å². The Morgan fingerprint density at radius 3 is 2.45 bits per heavy atom. The summed E-state index contributed by atoms with van der Waals surface area (Å²) in [5.41, 5.74) is 1.52. The molecule has 158 valence electrons. The van der Waals surface area contributed by atoms with E-state index in [9.17, 15) is 14.7 Å². The Morgan fingerprint density at radius 1 is 1.00 bits per heavy atom. The molecule has 0 aliphatic carbocycles. The van der Waals surface area contributed by atoms with E-state index < -0.39 is 11.9 Å². The lowest BCUT2D eigenvalue weighted by molar-refractivity contribution is -0.132. The minimum absolute atomic E-state index is 0.261. The van der Waals surface area contributed by atoms with Crippen LogP contribution < -0.4 is 14.8 Å². The highest BCUT2D eigenvalue weighted by atomic mass is 35.5. The van der Waals surface area contributed by atoms with E-state index in [1.807, 2.05) is 12.1 Å². The first kappa shape index (κ1) is 21.9. The summed E-state index contributed by atoms with van der Waals surface area (Å²) in [6.07, 6.45) is 1.35. The largest absolute Gasteiger partial charge is 0.493 e. The van der Waals surface area contributed by atoms with Crippen LogP contribution in [-0.2, 0) is 11.4 Å². The minimum Gasteiger partial charge on any atom is -0.493 e. The van der Waals surface area contributed by atoms with Crippen molar-refractivity contribution in [1.82, 2.24) is 5.32 Å². The molecule has 0 atom stereocenters. The summed E-state index contributed by atoms with van der Waals surface area (Å²) in [6, 6.07) is 20.7. The van der Waals surface area contributed by atoms with Crippen molar-refractivity contribution in [3.05, 3.63) is 100 Å². The lowest BCUT2D eigenvalue weighted by Crippen LogP contribution is -2.27. The van der Waals surface area contributed by atoms with E-state index in [0.717, 1.165) is 5.56 Å². The lowest BCUT2D eigenvalue weighted by atomic mass is 10.1. The number of methoxy groups -OCH3 is 1. The molecule has 7 heteroatoms. The normalized spacial score (nSPS) is 11.0. The van der Waals surface area contributed by atoms with Crippen molar-refractivity contribution < 1.29 is 24.2 Å². The summed E-state index contributed by atoms with van der Waals surface area (Å²) in [5.74, 6) is -0.855. The van der Waals surface area contributed by atoms with Gasteiger partial charge in [-0.3, -0.25) is 4.79 Å². The number of amides is 1. The van der Waals surface area contributed by atoms with Gasteiger partial charge >= 0.3 is 5.97 Å². The number of ether oxygens (including phenoxy) is 2. The Labute approximate surface area is 184 Å². The second kappa shape index (κ2) is 10.3. The fourth-order valence-corrected chi connectivity index (χ4v) is 3.00. The molecule has 0 radical (unpaired) electrons. The van der Waals surface area contributed by atoms with Crippen LogP contribution in [0.25, 0.3) is 6.08 Å². The predicted molar refractivity (Wildman–Crippen MR) is 118 cm³/mol. The van der Waals surface area contributed by atoms with Gasteiger partial charge in [-0.2, -0.15) is 0 Å². The summed E-state index contributed by atoms with van der Waals surface area (Å²) in [4.78, 5) is 23.9. The number of halogens is 1. The summed E-state index contributed by atoms with van der Waals surface area (Å²) < 4.78 is 11.2. The van der Waals surface area contributed by atoms with Gasteiger partial charge in [0, 0.05) is 10.6 Å². The highest BCUT2D eigenvalue weighted by Gasteiger charge is 2.14. The molecule has 2 N–H and O–H groups in total. The Kier molecular flexibility index (Phi) is 7.30. The van der Waals surface area contributed by atoms with E-state index in [4.69, 9.17) is 21.1 Å². The summed E-state index contributed by atoms with van der Waals surface area (Å²) in [7, 11) is 1.49. The van der Waals surface area contributed by atoms with Crippen molar-refractivity contribution in [3.8, 4) is 11.5 Å². The van der Waals surface area contributed by atoms with Gasteiger partial charge in [0.15, 0.2) is 11.5 Å². The number of hydrogen-bond acceptors (Lipinski definition) is 4. The molecule has 0 heterocycles. The summed E-state index contributed by atoms with van der Waals surface area (Å²) >= 11 is 5.99. The van der Waals surface area contributed by atoms with Crippen molar-refractivity contribution in [2.75, 3.05) is 7.11 Å². The highest BCUT2D eigenvalue weighted by Crippen LogP contribution is 2.30. The summed E-state index contributed by atoms with van der Waals surface area (Å²) in [5, 5.41) is 12.5. The van der Waals surface area contributed by atoms with Gasteiger partial charge in [-0.1, -0.05) is 48.0 Å². The maximum atomic E-state index is 12.3. The molecular formula is C24H20ClNO5. The fourth-order valence-electron chi connectivity index (χ4n) is 2.78. The quantitative estimate of drug-likeness (QED) is 0.495. The van der Waals surface area contributed by atoms with Crippen LogP contribution in [0.3, 0.4) is 0 Å². The topological polar surface area (TPSA) is 84.9 Å². The lowest BCUT2D eigenvalue weighted by Gasteiger charge is -2.12. The number of carbonyl (C=O) groups excluding carboxylic acids is 1. The molecule has 0 unspecified atom stereocenters. The molecule has 0 saturated heterocycles. The zero-order valence-corrected chi connectivity index (χ0v) is 17.4. The zero-order valence-electron chi connectivity index (χ0n) is 16.7. The second-order valence-electron chi connectivity index (χ2n) is 6.51. The van der Waals surface area contributed by atoms with Gasteiger partial charge < -0.3 is 19.9 Å². The third-order valence-corrected chi connectivity index (χ3v) is 4.53. The number of nitrogens with one attached hydrogen (secondary N) is 1. The Balaban J connectivity index is 1.78. The third kappa shape index (κ3) is 6.10. The van der Waals surface area contributed by atoms with Crippen molar-refractivity contribution in [2.24, 2.45) is 0 Å². The van der Waals surface area contributed by atoms with Crippen LogP contribution in [-0.4, -0.2) is 24.1 Å². The molecule has 0 bridgehead atoms. The maximum Gasteiger partial charge on any atom is 0.352 e. The van der Waals surface area contributed by atoms with Crippen LogP contribution in [0.2, 0.25) is 5.02 Å². The van der Waals surface area contributed by atoms with Crippen LogP contribution in [0.1, 0.15) is 21.5 Å². The first-order chi connectivity index (χ1) is 15.0. The minimum atomic E-state index is -1.26. The molecule has 0 aliphatic heterocycles. The molecule has 0 spiro atoms. The third-order valence-electron chi connectivity index (χ3n) is 4.30. The molecule has 3 aromatic carbocycles. The number of hydrogen-bond donors (Lipinski definition) is 2. The van der Waals surface area contributed by atoms with Gasteiger partial charge in [0.2, 0.25) is 0 Å². The zero-order chi connectivity index (χ0) is 22.2. The van der Waals surface area contributed by atoms with Crippen LogP contribution in [0.5, 0.6) is 11.5 Å². The number of carbonyl (C=O) groups is 2. The maximum absolute atomic E-state index is 12.3. The standard InChI is InChI=1S/C24H20ClNO5/c1-30-22-14-16(10-11-21(22)31-15-17-6-5-9-19(25)12-17)13-20(24(28)29)26-23(27)18-7-3-2-4-8-18/h2-14H,15H2,1H3,(H,26,27)(H,28,29). The monoisotopic (exact) mass is 437 g/mol. The molecule has 0 saturated carbocycles. The average Bonchev–Trinajstić information content (AvgIpc) is 2.78. The Hall–Kier alpha value is -3.77. The van der Waals surface area contributed by atoms with Crippen LogP contribution in [0.15, 0.2) is 78.5 Å². The second-order valence-corrected chi connectivity index (χ2v) is 6.95. The molecule has 31 heavy (non-hydrogen) atoms. The summed E-state index contributed by atoms with van der Waals surface area (Å²) in [6.45, 7) is 0.291. The van der Waals surface area contributed by atoms with Crippen molar-refractivity contribution in [1.29, 1.82) is 0 Å². The molecule has 1 amide bonds. The van der Waals surface area contributed by atoms with E-state index in [-0.39, 0.29) is 5.70 Å².